The summed E-state index contributed by atoms with van der Waals surface area (Å²) in [4.78, 5) is 4.68. The maximum Gasteiger partial charge on any atom is 0.504 e. The molecule has 0 radical (unpaired) electrons. The molecule has 0 aromatic carbocycles. The number of hydrogen-bond donors (Lipinski definition) is 2. The van der Waals surface area contributed by atoms with Crippen LogP contribution in [-0.2, 0) is 6.30 Å². The molecule has 0 saturated carbocycles. The molecule has 1 atom stereocenters. The molecule has 1 saturated heterocycles. The van der Waals surface area contributed by atoms with Gasteiger partial charge in [-0.05, 0) is 35.3 Å². The zero-order valence-corrected chi connectivity index (χ0v) is 15.0. The fourth-order valence-electron chi connectivity index (χ4n) is 3.17. The third-order valence-corrected chi connectivity index (χ3v) is 5.30. The van der Waals surface area contributed by atoms with E-state index < -0.39 is 6.30 Å². The maximum absolute atomic E-state index is 12.8. The van der Waals surface area contributed by atoms with Gasteiger partial charge < -0.3 is 11.1 Å². The molecule has 0 unspecified atom stereocenters. The van der Waals surface area contributed by atoms with Crippen molar-refractivity contribution in [2.75, 3.05) is 18.8 Å². The highest BCUT2D eigenvalue weighted by molar-refractivity contribution is 9.10. The lowest BCUT2D eigenvalue weighted by molar-refractivity contribution is -0.212. The molecule has 26 heavy (non-hydrogen) atoms. The van der Waals surface area contributed by atoms with Crippen LogP contribution in [-0.4, -0.2) is 37.5 Å². The van der Waals surface area contributed by atoms with Gasteiger partial charge in [-0.2, -0.15) is 19.4 Å². The Bertz CT molecular complexity index is 956. The minimum atomic E-state index is -4.57. The van der Waals surface area contributed by atoms with E-state index in [1.165, 1.54) is 10.7 Å². The van der Waals surface area contributed by atoms with Gasteiger partial charge in [0.1, 0.15) is 5.82 Å². The largest absolute Gasteiger partial charge is 0.504 e. The third-order valence-electron chi connectivity index (χ3n) is 4.49. The van der Waals surface area contributed by atoms with Crippen LogP contribution >= 0.6 is 15.9 Å². The second-order valence-corrected chi connectivity index (χ2v) is 6.97. The van der Waals surface area contributed by atoms with Gasteiger partial charge in [-0.25, -0.2) is 4.98 Å². The number of nitrogen functional groups attached to an aromatic ring is 1. The summed E-state index contributed by atoms with van der Waals surface area (Å²) in [5.74, 6) is 0.538. The first-order chi connectivity index (χ1) is 12.4. The summed E-state index contributed by atoms with van der Waals surface area (Å²) in [7, 11) is 0. The minimum absolute atomic E-state index is 0.0417. The maximum atomic E-state index is 12.8. The Hall–Kier alpha value is -2.14. The van der Waals surface area contributed by atoms with E-state index >= 15 is 0 Å². The Balaban J connectivity index is 1.84. The van der Waals surface area contributed by atoms with Crippen molar-refractivity contribution in [3.05, 3.63) is 28.8 Å². The number of fused-ring (bicyclic) bond motifs is 1. The Morgan fingerprint density at radius 2 is 2.08 bits per heavy atom. The zero-order chi connectivity index (χ0) is 18.5. The van der Waals surface area contributed by atoms with Crippen molar-refractivity contribution in [1.29, 1.82) is 0 Å². The van der Waals surface area contributed by atoms with Crippen molar-refractivity contribution in [2.45, 2.75) is 25.1 Å². The van der Waals surface area contributed by atoms with Crippen LogP contribution < -0.4 is 11.1 Å². The van der Waals surface area contributed by atoms with Gasteiger partial charge in [-0.15, -0.1) is 13.2 Å². The summed E-state index contributed by atoms with van der Waals surface area (Å²) >= 11 is 3.49. The minimum Gasteiger partial charge on any atom is -0.383 e. The molecule has 3 N–H and O–H groups in total. The Morgan fingerprint density at radius 3 is 2.73 bits per heavy atom. The first-order valence-electron chi connectivity index (χ1n) is 8.02. The fraction of sp³-hybridized carbons (Fsp3) is 0.400. The number of aromatic nitrogens is 5. The number of piperidine rings is 1. The number of nitrogens with two attached hydrogens (primary N) is 1. The van der Waals surface area contributed by atoms with Gasteiger partial charge in [0.2, 0.25) is 0 Å². The van der Waals surface area contributed by atoms with Gasteiger partial charge in [0, 0.05) is 29.8 Å². The van der Waals surface area contributed by atoms with Crippen molar-refractivity contribution in [2.24, 2.45) is 0 Å². The summed E-state index contributed by atoms with van der Waals surface area (Å²) in [5.41, 5.74) is 8.10. The zero-order valence-electron chi connectivity index (χ0n) is 13.5. The number of anilines is 1. The number of halogens is 4. The SMILES string of the molecule is Nc1c(Br)c([C@H]2CCCNC2)nc2c(-c3cnn(C(F)(F)F)c3)cnn12. The summed E-state index contributed by atoms with van der Waals surface area (Å²) in [6, 6.07) is 0. The fourth-order valence-corrected chi connectivity index (χ4v) is 3.75. The Morgan fingerprint density at radius 1 is 1.27 bits per heavy atom. The van der Waals surface area contributed by atoms with E-state index in [2.05, 4.69) is 36.4 Å². The second-order valence-electron chi connectivity index (χ2n) is 6.17. The normalized spacial score (nSPS) is 18.5. The average Bonchev–Trinajstić information content (AvgIpc) is 3.25. The van der Waals surface area contributed by atoms with Gasteiger partial charge in [0.05, 0.1) is 22.6 Å². The van der Waals surface area contributed by atoms with E-state index in [1.807, 2.05) is 0 Å². The molecular weight excluding hydrogens is 415 g/mol. The molecule has 0 amide bonds. The molecule has 3 aromatic heterocycles. The molecule has 0 spiro atoms. The number of hydrogen-bond acceptors (Lipinski definition) is 5. The molecule has 3 aromatic rings. The van der Waals surface area contributed by atoms with Crippen molar-refractivity contribution in [1.82, 2.24) is 29.7 Å². The molecule has 1 fully saturated rings. The van der Waals surface area contributed by atoms with Gasteiger partial charge in [0.15, 0.2) is 5.65 Å². The third kappa shape index (κ3) is 2.84. The number of alkyl halides is 3. The molecule has 1 aliphatic heterocycles. The monoisotopic (exact) mass is 429 g/mol. The van der Waals surface area contributed by atoms with Crippen molar-refractivity contribution in [3.63, 3.8) is 0 Å². The number of rotatable bonds is 2. The van der Waals surface area contributed by atoms with Crippen LogP contribution in [0.15, 0.2) is 23.1 Å². The molecule has 11 heteroatoms. The van der Waals surface area contributed by atoms with Crippen LogP contribution in [0.5, 0.6) is 0 Å². The van der Waals surface area contributed by atoms with Crippen LogP contribution in [0.1, 0.15) is 24.5 Å². The first kappa shape index (κ1) is 17.3. The predicted molar refractivity (Wildman–Crippen MR) is 92.5 cm³/mol. The molecule has 1 aliphatic rings. The summed E-state index contributed by atoms with van der Waals surface area (Å²) in [5, 5.41) is 10.9. The quantitative estimate of drug-likeness (QED) is 0.653. The van der Waals surface area contributed by atoms with E-state index in [0.29, 0.717) is 21.5 Å². The average molecular weight is 430 g/mol. The van der Waals surface area contributed by atoms with Crippen molar-refractivity contribution >= 4 is 27.4 Å². The lowest BCUT2D eigenvalue weighted by Crippen LogP contribution is -2.29. The highest BCUT2D eigenvalue weighted by Gasteiger charge is 2.32. The van der Waals surface area contributed by atoms with Crippen LogP contribution in [0.2, 0.25) is 0 Å². The van der Waals surface area contributed by atoms with E-state index in [0.717, 1.165) is 44.0 Å². The predicted octanol–water partition coefficient (Wildman–Crippen LogP) is 2.88. The smallest absolute Gasteiger partial charge is 0.383 e. The van der Waals surface area contributed by atoms with Crippen molar-refractivity contribution in [3.8, 4) is 11.1 Å². The van der Waals surface area contributed by atoms with E-state index in [-0.39, 0.29) is 16.2 Å². The molecular formula is C15H15BrF3N7. The summed E-state index contributed by atoms with van der Waals surface area (Å²) in [6.07, 6.45) is 0.921. The van der Waals surface area contributed by atoms with Gasteiger partial charge >= 0.3 is 6.30 Å². The van der Waals surface area contributed by atoms with Gasteiger partial charge in [-0.1, -0.05) is 0 Å². The molecule has 7 nitrogen and oxygen atoms in total. The van der Waals surface area contributed by atoms with E-state index in [9.17, 15) is 13.2 Å². The van der Waals surface area contributed by atoms with Crippen LogP contribution in [0, 0.1) is 0 Å². The van der Waals surface area contributed by atoms with Crippen LogP contribution in [0.4, 0.5) is 19.0 Å². The summed E-state index contributed by atoms with van der Waals surface area (Å²) < 4.78 is 40.5. The van der Waals surface area contributed by atoms with E-state index in [1.54, 1.807) is 0 Å². The summed E-state index contributed by atoms with van der Waals surface area (Å²) in [6.45, 7) is 1.73. The molecule has 138 valence electrons. The van der Waals surface area contributed by atoms with Gasteiger partial charge in [0.25, 0.3) is 0 Å². The van der Waals surface area contributed by atoms with Crippen molar-refractivity contribution < 1.29 is 13.2 Å². The standard InChI is InChI=1S/C15H15BrF3N7/c16-11-12(8-2-1-3-21-4-8)24-14-10(6-23-26(14)13(11)20)9-5-22-25(7-9)15(17,18)19/h5-8,21H,1-4,20H2/t8-/m0/s1. The topological polar surface area (TPSA) is 86.1 Å². The highest BCUT2D eigenvalue weighted by atomic mass is 79.9. The Kier molecular flexibility index (Phi) is 4.14. The molecule has 0 aliphatic carbocycles. The van der Waals surface area contributed by atoms with Gasteiger partial charge in [-0.3, -0.25) is 0 Å². The van der Waals surface area contributed by atoms with Crippen LogP contribution in [0.25, 0.3) is 16.8 Å². The van der Waals surface area contributed by atoms with Crippen LogP contribution in [0.3, 0.4) is 0 Å². The number of nitrogens with zero attached hydrogens (tertiary/aromatic N) is 5. The lowest BCUT2D eigenvalue weighted by atomic mass is 9.96. The first-order valence-corrected chi connectivity index (χ1v) is 8.81. The Labute approximate surface area is 154 Å². The molecule has 0 bridgehead atoms. The number of nitrogens with one attached hydrogen (secondary N) is 1. The molecule has 4 rings (SSSR count). The highest BCUT2D eigenvalue weighted by Crippen LogP contribution is 2.35. The second kappa shape index (κ2) is 6.23. The van der Waals surface area contributed by atoms with E-state index in [4.69, 9.17) is 5.73 Å². The lowest BCUT2D eigenvalue weighted by Gasteiger charge is -2.23. The molecule has 4 heterocycles.